The molecule has 0 aliphatic heterocycles. The number of halogens is 2. The fraction of sp³-hybridized carbons (Fsp3) is 0.615. The van der Waals surface area contributed by atoms with Crippen LogP contribution >= 0.6 is 23.2 Å². The van der Waals surface area contributed by atoms with Crippen molar-refractivity contribution in [1.29, 1.82) is 0 Å². The quantitative estimate of drug-likeness (QED) is 0.848. The van der Waals surface area contributed by atoms with Crippen molar-refractivity contribution in [2.45, 2.75) is 38.2 Å². The lowest BCUT2D eigenvalue weighted by Gasteiger charge is -2.22. The van der Waals surface area contributed by atoms with Crippen molar-refractivity contribution in [3.8, 4) is 0 Å². The highest BCUT2D eigenvalue weighted by atomic mass is 35.5. The molecule has 0 radical (unpaired) electrons. The summed E-state index contributed by atoms with van der Waals surface area (Å²) >= 11 is 11.5. The lowest BCUT2D eigenvalue weighted by atomic mass is 9.98. The fourth-order valence-corrected chi connectivity index (χ4v) is 2.55. The van der Waals surface area contributed by atoms with Crippen molar-refractivity contribution < 1.29 is 9.53 Å². The van der Waals surface area contributed by atoms with Gasteiger partial charge in [-0.15, -0.1) is 10.2 Å². The molecule has 2 rings (SSSR count). The smallest absolute Gasteiger partial charge is 0.254 e. The van der Waals surface area contributed by atoms with Crippen molar-refractivity contribution in [2.24, 2.45) is 0 Å². The standard InChI is InChI=1S/C13H17Cl2N3O2/c14-11-8-10(12(15)18-17-11)13(19)16-6-7-20-9-4-2-1-3-5-9/h8-9H,1-7H2,(H,16,19). The Morgan fingerprint density at radius 2 is 2.05 bits per heavy atom. The first kappa shape index (κ1) is 15.5. The van der Waals surface area contributed by atoms with Gasteiger partial charge in [-0.1, -0.05) is 42.5 Å². The Kier molecular flexibility index (Phi) is 6.01. The van der Waals surface area contributed by atoms with Gasteiger partial charge in [0.25, 0.3) is 5.91 Å². The molecule has 0 bridgehead atoms. The maximum Gasteiger partial charge on any atom is 0.254 e. The van der Waals surface area contributed by atoms with E-state index in [1.165, 1.54) is 25.3 Å². The van der Waals surface area contributed by atoms with Gasteiger partial charge in [-0.25, -0.2) is 0 Å². The third-order valence-electron chi connectivity index (χ3n) is 3.26. The molecular formula is C13H17Cl2N3O2. The molecule has 1 N–H and O–H groups in total. The van der Waals surface area contributed by atoms with E-state index in [4.69, 9.17) is 27.9 Å². The van der Waals surface area contributed by atoms with Crippen LogP contribution < -0.4 is 5.32 Å². The van der Waals surface area contributed by atoms with E-state index in [0.29, 0.717) is 19.3 Å². The van der Waals surface area contributed by atoms with Gasteiger partial charge in [0.2, 0.25) is 0 Å². The van der Waals surface area contributed by atoms with E-state index < -0.39 is 0 Å². The molecule has 1 heterocycles. The van der Waals surface area contributed by atoms with Gasteiger partial charge in [0.1, 0.15) is 0 Å². The first-order chi connectivity index (χ1) is 9.66. The van der Waals surface area contributed by atoms with Crippen molar-refractivity contribution in [1.82, 2.24) is 15.5 Å². The molecule has 20 heavy (non-hydrogen) atoms. The molecule has 1 fully saturated rings. The van der Waals surface area contributed by atoms with Crippen LogP contribution in [0.25, 0.3) is 0 Å². The molecule has 7 heteroatoms. The van der Waals surface area contributed by atoms with E-state index in [1.54, 1.807) is 0 Å². The van der Waals surface area contributed by atoms with Gasteiger partial charge in [-0.2, -0.15) is 0 Å². The topological polar surface area (TPSA) is 64.1 Å². The maximum absolute atomic E-state index is 11.9. The highest BCUT2D eigenvalue weighted by Gasteiger charge is 2.15. The Morgan fingerprint density at radius 1 is 1.30 bits per heavy atom. The van der Waals surface area contributed by atoms with Crippen LogP contribution in [0.4, 0.5) is 0 Å². The summed E-state index contributed by atoms with van der Waals surface area (Å²) in [5.74, 6) is -0.320. The Balaban J connectivity index is 1.73. The van der Waals surface area contributed by atoms with Crippen molar-refractivity contribution in [3.63, 3.8) is 0 Å². The van der Waals surface area contributed by atoms with Crippen molar-refractivity contribution in [3.05, 3.63) is 21.9 Å². The minimum atomic E-state index is -0.320. The molecule has 1 aromatic heterocycles. The van der Waals surface area contributed by atoms with Gasteiger partial charge in [0, 0.05) is 6.54 Å². The van der Waals surface area contributed by atoms with Crippen LogP contribution in [-0.2, 0) is 4.74 Å². The molecule has 110 valence electrons. The predicted octanol–water partition coefficient (Wildman–Crippen LogP) is 2.86. The van der Waals surface area contributed by atoms with E-state index in [-0.39, 0.29) is 21.8 Å². The molecule has 1 aromatic rings. The van der Waals surface area contributed by atoms with Gasteiger partial charge in [-0.05, 0) is 18.9 Å². The van der Waals surface area contributed by atoms with E-state index >= 15 is 0 Å². The summed E-state index contributed by atoms with van der Waals surface area (Å²) < 4.78 is 5.72. The number of nitrogens with zero attached hydrogens (tertiary/aromatic N) is 2. The number of carbonyl (C=O) groups excluding carboxylic acids is 1. The molecular weight excluding hydrogens is 301 g/mol. The SMILES string of the molecule is O=C(NCCOC1CCCCC1)c1cc(Cl)nnc1Cl. The molecule has 1 aliphatic carbocycles. The van der Waals surface area contributed by atoms with E-state index in [2.05, 4.69) is 15.5 Å². The maximum atomic E-state index is 11.9. The van der Waals surface area contributed by atoms with Gasteiger partial charge < -0.3 is 10.1 Å². The average molecular weight is 318 g/mol. The number of amides is 1. The highest BCUT2D eigenvalue weighted by Crippen LogP contribution is 2.20. The Labute approximate surface area is 128 Å². The second kappa shape index (κ2) is 7.76. The van der Waals surface area contributed by atoms with E-state index in [0.717, 1.165) is 12.8 Å². The van der Waals surface area contributed by atoms with Crippen LogP contribution in [0.2, 0.25) is 10.3 Å². The molecule has 0 saturated heterocycles. The highest BCUT2D eigenvalue weighted by molar-refractivity contribution is 6.34. The summed E-state index contributed by atoms with van der Waals surface area (Å²) in [5, 5.41) is 10.1. The molecule has 1 saturated carbocycles. The van der Waals surface area contributed by atoms with E-state index in [1.807, 2.05) is 0 Å². The van der Waals surface area contributed by atoms with Crippen LogP contribution in [0.1, 0.15) is 42.5 Å². The summed E-state index contributed by atoms with van der Waals surface area (Å²) in [5.41, 5.74) is 0.226. The van der Waals surface area contributed by atoms with Crippen molar-refractivity contribution >= 4 is 29.1 Å². The molecule has 0 aromatic carbocycles. The lowest BCUT2D eigenvalue weighted by Crippen LogP contribution is -2.29. The number of carbonyl (C=O) groups is 1. The van der Waals surface area contributed by atoms with Gasteiger partial charge in [-0.3, -0.25) is 4.79 Å². The first-order valence-corrected chi connectivity index (χ1v) is 7.51. The van der Waals surface area contributed by atoms with Gasteiger partial charge in [0.05, 0.1) is 18.3 Å². The van der Waals surface area contributed by atoms with Crippen LogP contribution in [-0.4, -0.2) is 35.4 Å². The van der Waals surface area contributed by atoms with Crippen LogP contribution in [0.15, 0.2) is 6.07 Å². The Bertz CT molecular complexity index is 465. The monoisotopic (exact) mass is 317 g/mol. The average Bonchev–Trinajstić information content (AvgIpc) is 2.47. The van der Waals surface area contributed by atoms with Gasteiger partial charge in [0.15, 0.2) is 10.3 Å². The first-order valence-electron chi connectivity index (χ1n) is 6.75. The second-order valence-electron chi connectivity index (χ2n) is 4.76. The number of rotatable bonds is 5. The summed E-state index contributed by atoms with van der Waals surface area (Å²) in [7, 11) is 0. The normalized spacial score (nSPS) is 16.1. The molecule has 0 spiro atoms. The zero-order valence-electron chi connectivity index (χ0n) is 11.1. The van der Waals surface area contributed by atoms with Crippen LogP contribution in [0.3, 0.4) is 0 Å². The van der Waals surface area contributed by atoms with Crippen LogP contribution in [0, 0.1) is 0 Å². The van der Waals surface area contributed by atoms with Gasteiger partial charge >= 0.3 is 0 Å². The van der Waals surface area contributed by atoms with E-state index in [9.17, 15) is 4.79 Å². The third kappa shape index (κ3) is 4.58. The van der Waals surface area contributed by atoms with Crippen LogP contribution in [0.5, 0.6) is 0 Å². The third-order valence-corrected chi connectivity index (χ3v) is 3.72. The van der Waals surface area contributed by atoms with Crippen molar-refractivity contribution in [2.75, 3.05) is 13.2 Å². The number of ether oxygens (including phenoxy) is 1. The second-order valence-corrected chi connectivity index (χ2v) is 5.50. The number of hydrogen-bond acceptors (Lipinski definition) is 4. The summed E-state index contributed by atoms with van der Waals surface area (Å²) in [6.45, 7) is 0.936. The zero-order valence-corrected chi connectivity index (χ0v) is 12.6. The molecule has 0 atom stereocenters. The fourth-order valence-electron chi connectivity index (χ4n) is 2.23. The summed E-state index contributed by atoms with van der Waals surface area (Å²) in [6, 6.07) is 1.40. The Morgan fingerprint density at radius 3 is 2.80 bits per heavy atom. The number of aromatic nitrogens is 2. The molecule has 1 aliphatic rings. The predicted molar refractivity (Wildman–Crippen MR) is 77.2 cm³/mol. The molecule has 0 unspecified atom stereocenters. The minimum Gasteiger partial charge on any atom is -0.376 e. The Hall–Kier alpha value is -0.910. The summed E-state index contributed by atoms with van der Waals surface area (Å²) in [6.07, 6.45) is 6.32. The molecule has 1 amide bonds. The lowest BCUT2D eigenvalue weighted by molar-refractivity contribution is 0.0299. The number of nitrogens with one attached hydrogen (secondary N) is 1. The summed E-state index contributed by atoms with van der Waals surface area (Å²) in [4.78, 5) is 11.9. The molecule has 5 nitrogen and oxygen atoms in total. The minimum absolute atomic E-state index is 0.0418. The largest absolute Gasteiger partial charge is 0.376 e. The number of hydrogen-bond donors (Lipinski definition) is 1. The zero-order chi connectivity index (χ0) is 14.4.